The van der Waals surface area contributed by atoms with Crippen LogP contribution in [-0.2, 0) is 14.6 Å². The summed E-state index contributed by atoms with van der Waals surface area (Å²) >= 11 is 0. The van der Waals surface area contributed by atoms with Gasteiger partial charge in [-0.1, -0.05) is 6.92 Å². The van der Waals surface area contributed by atoms with Crippen molar-refractivity contribution in [3.8, 4) is 0 Å². The van der Waals surface area contributed by atoms with Crippen LogP contribution in [-0.4, -0.2) is 63.1 Å². The number of carbonyl (C=O) groups is 1. The zero-order valence-corrected chi connectivity index (χ0v) is 12.8. The van der Waals surface area contributed by atoms with Gasteiger partial charge in [-0.15, -0.1) is 0 Å². The molecule has 1 saturated heterocycles. The summed E-state index contributed by atoms with van der Waals surface area (Å²) in [4.78, 5) is 13.5. The van der Waals surface area contributed by atoms with Gasteiger partial charge >= 0.3 is 6.18 Å². The van der Waals surface area contributed by atoms with E-state index in [-0.39, 0.29) is 11.5 Å². The normalized spacial score (nSPS) is 21.2. The van der Waals surface area contributed by atoms with Crippen LogP contribution in [0.1, 0.15) is 19.8 Å². The summed E-state index contributed by atoms with van der Waals surface area (Å²) in [7, 11) is -3.08. The third-order valence-corrected chi connectivity index (χ3v) is 5.18. The molecule has 9 heteroatoms. The third kappa shape index (κ3) is 7.12. The molecule has 1 fully saturated rings. The fraction of sp³-hybridized carbons (Fsp3) is 0.917. The fourth-order valence-electron chi connectivity index (χ4n) is 2.22. The number of piperidine rings is 1. The number of sulfone groups is 1. The summed E-state index contributed by atoms with van der Waals surface area (Å²) in [5.74, 6) is -1.04. The van der Waals surface area contributed by atoms with E-state index < -0.39 is 34.4 Å². The molecule has 0 spiro atoms. The summed E-state index contributed by atoms with van der Waals surface area (Å²) in [6.07, 6.45) is -3.21. The van der Waals surface area contributed by atoms with E-state index in [4.69, 9.17) is 0 Å². The SMILES string of the molecule is CCS(=O)(=O)CCN1CCCC(C(=O)NCC(F)(F)F)C1. The molecular weight excluding hydrogens is 309 g/mol. The first-order valence-corrected chi connectivity index (χ1v) is 8.72. The highest BCUT2D eigenvalue weighted by Crippen LogP contribution is 2.18. The van der Waals surface area contributed by atoms with Crippen molar-refractivity contribution >= 4 is 15.7 Å². The van der Waals surface area contributed by atoms with Crippen LogP contribution in [0.5, 0.6) is 0 Å². The second-order valence-corrected chi connectivity index (χ2v) is 7.68. The molecule has 0 saturated carbocycles. The maximum absolute atomic E-state index is 12.1. The van der Waals surface area contributed by atoms with E-state index in [1.807, 2.05) is 10.2 Å². The average molecular weight is 330 g/mol. The molecule has 0 aromatic heterocycles. The smallest absolute Gasteiger partial charge is 0.347 e. The van der Waals surface area contributed by atoms with E-state index in [0.29, 0.717) is 32.5 Å². The molecule has 0 aliphatic carbocycles. The van der Waals surface area contributed by atoms with Gasteiger partial charge in [0, 0.05) is 18.8 Å². The van der Waals surface area contributed by atoms with Crippen LogP contribution in [0.15, 0.2) is 0 Å². The molecule has 0 aromatic carbocycles. The number of hydrogen-bond donors (Lipinski definition) is 1. The molecule has 21 heavy (non-hydrogen) atoms. The minimum Gasteiger partial charge on any atom is -0.347 e. The van der Waals surface area contributed by atoms with E-state index in [9.17, 15) is 26.4 Å². The summed E-state index contributed by atoms with van der Waals surface area (Å²) in [5.41, 5.74) is 0. The zero-order valence-electron chi connectivity index (χ0n) is 11.9. The zero-order chi connectivity index (χ0) is 16.1. The molecule has 1 heterocycles. The summed E-state index contributed by atoms with van der Waals surface area (Å²) < 4.78 is 59.1. The summed E-state index contributed by atoms with van der Waals surface area (Å²) in [5, 5.41) is 1.89. The number of nitrogens with zero attached hydrogens (tertiary/aromatic N) is 1. The maximum Gasteiger partial charge on any atom is 0.405 e. The second-order valence-electron chi connectivity index (χ2n) is 5.21. The summed E-state index contributed by atoms with van der Waals surface area (Å²) in [6, 6.07) is 0. The van der Waals surface area contributed by atoms with Crippen molar-refractivity contribution in [3.63, 3.8) is 0 Å². The average Bonchev–Trinajstić information content (AvgIpc) is 2.42. The Labute approximate surface area is 122 Å². The molecule has 5 nitrogen and oxygen atoms in total. The van der Waals surface area contributed by atoms with Crippen molar-refractivity contribution in [1.82, 2.24) is 10.2 Å². The first-order chi connectivity index (χ1) is 9.63. The summed E-state index contributed by atoms with van der Waals surface area (Å²) in [6.45, 7) is 1.54. The van der Waals surface area contributed by atoms with Gasteiger partial charge in [-0.05, 0) is 19.4 Å². The van der Waals surface area contributed by atoms with Crippen LogP contribution in [0.2, 0.25) is 0 Å². The van der Waals surface area contributed by atoms with Gasteiger partial charge in [0.15, 0.2) is 9.84 Å². The minimum absolute atomic E-state index is 0.0143. The maximum atomic E-state index is 12.1. The number of carbonyl (C=O) groups excluding carboxylic acids is 1. The number of likely N-dealkylation sites (tertiary alicyclic amines) is 1. The molecule has 0 aromatic rings. The predicted octanol–water partition coefficient (Wildman–Crippen LogP) is 0.812. The molecule has 1 N–H and O–H groups in total. The molecule has 1 aliphatic heterocycles. The Morgan fingerprint density at radius 3 is 2.62 bits per heavy atom. The van der Waals surface area contributed by atoms with E-state index in [1.54, 1.807) is 6.92 Å². The van der Waals surface area contributed by atoms with Crippen molar-refractivity contribution in [2.24, 2.45) is 5.92 Å². The lowest BCUT2D eigenvalue weighted by Crippen LogP contribution is -2.46. The monoisotopic (exact) mass is 330 g/mol. The van der Waals surface area contributed by atoms with Crippen molar-refractivity contribution in [1.29, 1.82) is 0 Å². The van der Waals surface area contributed by atoms with Crippen LogP contribution in [0.25, 0.3) is 0 Å². The van der Waals surface area contributed by atoms with E-state index in [2.05, 4.69) is 0 Å². The van der Waals surface area contributed by atoms with Crippen LogP contribution in [0.3, 0.4) is 0 Å². The fourth-order valence-corrected chi connectivity index (χ4v) is 3.04. The first-order valence-electron chi connectivity index (χ1n) is 6.90. The van der Waals surface area contributed by atoms with Gasteiger partial charge in [0.05, 0.1) is 11.7 Å². The number of alkyl halides is 3. The molecule has 1 unspecified atom stereocenters. The van der Waals surface area contributed by atoms with Crippen LogP contribution >= 0.6 is 0 Å². The predicted molar refractivity (Wildman–Crippen MR) is 72.6 cm³/mol. The van der Waals surface area contributed by atoms with Gasteiger partial charge in [0.25, 0.3) is 0 Å². The molecule has 1 atom stereocenters. The lowest BCUT2D eigenvalue weighted by Gasteiger charge is -2.31. The lowest BCUT2D eigenvalue weighted by molar-refractivity contribution is -0.141. The largest absolute Gasteiger partial charge is 0.405 e. The Morgan fingerprint density at radius 1 is 1.38 bits per heavy atom. The number of amides is 1. The molecule has 124 valence electrons. The van der Waals surface area contributed by atoms with Crippen molar-refractivity contribution < 1.29 is 26.4 Å². The Balaban J connectivity index is 2.43. The van der Waals surface area contributed by atoms with Gasteiger partial charge in [0.1, 0.15) is 6.54 Å². The Kier molecular flexibility index (Phi) is 6.45. The van der Waals surface area contributed by atoms with Crippen molar-refractivity contribution in [2.45, 2.75) is 25.9 Å². The van der Waals surface area contributed by atoms with Crippen molar-refractivity contribution in [2.75, 3.05) is 37.7 Å². The van der Waals surface area contributed by atoms with Gasteiger partial charge in [-0.25, -0.2) is 8.42 Å². The number of rotatable bonds is 6. The lowest BCUT2D eigenvalue weighted by atomic mass is 9.97. The van der Waals surface area contributed by atoms with Crippen LogP contribution < -0.4 is 5.32 Å². The van der Waals surface area contributed by atoms with Gasteiger partial charge in [-0.2, -0.15) is 13.2 Å². The standard InChI is InChI=1S/C12H21F3N2O3S/c1-2-21(19,20)7-6-17-5-3-4-10(8-17)11(18)16-9-12(13,14)15/h10H,2-9H2,1H3,(H,16,18). The van der Waals surface area contributed by atoms with Gasteiger partial charge in [-0.3, -0.25) is 4.79 Å². The quantitative estimate of drug-likeness (QED) is 0.783. The van der Waals surface area contributed by atoms with Crippen LogP contribution in [0.4, 0.5) is 13.2 Å². The van der Waals surface area contributed by atoms with Gasteiger partial charge in [0.2, 0.25) is 5.91 Å². The van der Waals surface area contributed by atoms with E-state index in [0.717, 1.165) is 0 Å². The molecule has 1 amide bonds. The number of halogens is 3. The Bertz CT molecular complexity index is 451. The van der Waals surface area contributed by atoms with Crippen molar-refractivity contribution in [3.05, 3.63) is 0 Å². The van der Waals surface area contributed by atoms with Gasteiger partial charge < -0.3 is 10.2 Å². The highest BCUT2D eigenvalue weighted by Gasteiger charge is 2.31. The molecule has 1 aliphatic rings. The molecule has 0 bridgehead atoms. The highest BCUT2D eigenvalue weighted by atomic mass is 32.2. The minimum atomic E-state index is -4.42. The van der Waals surface area contributed by atoms with E-state index in [1.165, 1.54) is 0 Å². The first kappa shape index (κ1) is 18.2. The Hall–Kier alpha value is -0.830. The Morgan fingerprint density at radius 2 is 2.05 bits per heavy atom. The van der Waals surface area contributed by atoms with E-state index >= 15 is 0 Å². The molecule has 0 radical (unpaired) electrons. The number of hydrogen-bond acceptors (Lipinski definition) is 4. The highest BCUT2D eigenvalue weighted by molar-refractivity contribution is 7.91. The molecular formula is C12H21F3N2O3S. The number of nitrogens with one attached hydrogen (secondary N) is 1. The second kappa shape index (κ2) is 7.44. The van der Waals surface area contributed by atoms with Crippen LogP contribution in [0, 0.1) is 5.92 Å². The topological polar surface area (TPSA) is 66.5 Å². The molecule has 1 rings (SSSR count). The third-order valence-electron chi connectivity index (χ3n) is 3.50.